The van der Waals surface area contributed by atoms with E-state index in [1.807, 2.05) is 12.1 Å². The Morgan fingerprint density at radius 3 is 2.00 bits per heavy atom. The Kier molecular flexibility index (Phi) is 5.11. The van der Waals surface area contributed by atoms with Crippen molar-refractivity contribution < 1.29 is 8.83 Å². The Balaban J connectivity index is 1.14. The van der Waals surface area contributed by atoms with E-state index in [-0.39, 0.29) is 0 Å². The van der Waals surface area contributed by atoms with Gasteiger partial charge in [0, 0.05) is 32.5 Å². The molecule has 3 nitrogen and oxygen atoms in total. The second-order valence-corrected chi connectivity index (χ2v) is 12.0. The van der Waals surface area contributed by atoms with E-state index >= 15 is 0 Å². The van der Waals surface area contributed by atoms with Crippen molar-refractivity contribution in [3.8, 4) is 27.9 Å². The molecule has 0 bridgehead atoms. The molecule has 0 spiro atoms. The van der Waals surface area contributed by atoms with Crippen LogP contribution in [0.5, 0.6) is 0 Å². The monoisotopic (exact) mass is 577 g/mol. The lowest BCUT2D eigenvalue weighted by Crippen LogP contribution is -2.21. The molecule has 1 aliphatic carbocycles. The second-order valence-electron chi connectivity index (χ2n) is 12.0. The molecule has 3 heteroatoms. The Hall–Kier alpha value is -5.80. The summed E-state index contributed by atoms with van der Waals surface area (Å²) in [5, 5.41) is 7.09. The maximum absolute atomic E-state index is 6.61. The number of hydrogen-bond donors (Lipinski definition) is 0. The second kappa shape index (κ2) is 9.35. The summed E-state index contributed by atoms with van der Waals surface area (Å²) >= 11 is 0. The molecular weight excluding hydrogens is 550 g/mol. The Labute approximate surface area is 258 Å². The van der Waals surface area contributed by atoms with Crippen LogP contribution in [0.3, 0.4) is 0 Å². The lowest BCUT2D eigenvalue weighted by Gasteiger charge is -2.08. The summed E-state index contributed by atoms with van der Waals surface area (Å²) in [6, 6.07) is 45.5. The molecule has 0 fully saturated rings. The highest BCUT2D eigenvalue weighted by atomic mass is 16.3. The van der Waals surface area contributed by atoms with E-state index in [4.69, 9.17) is 8.83 Å². The van der Waals surface area contributed by atoms with Crippen molar-refractivity contribution >= 4 is 66.9 Å². The van der Waals surface area contributed by atoms with Crippen LogP contribution in [-0.2, 0) is 0 Å². The molecule has 3 aromatic heterocycles. The van der Waals surface area contributed by atoms with E-state index in [1.54, 1.807) is 0 Å². The molecule has 0 radical (unpaired) electrons. The van der Waals surface area contributed by atoms with Crippen molar-refractivity contribution in [3.63, 3.8) is 0 Å². The van der Waals surface area contributed by atoms with Crippen LogP contribution in [0.2, 0.25) is 0 Å². The van der Waals surface area contributed by atoms with Gasteiger partial charge in [0.15, 0.2) is 0 Å². The van der Waals surface area contributed by atoms with Crippen LogP contribution in [0.25, 0.3) is 94.8 Å². The molecule has 45 heavy (non-hydrogen) atoms. The molecular formula is C42H27NO2. The standard InChI is InChI=1S/C42H27NO2/c1-2-8-30(9-3-1)43-36-22-19-28(24-35(36)41-37(43)23-21-34-32-11-5-7-13-39(32)45-42(34)41)26-14-16-27(17-15-26)29-18-20-33-31-10-4-6-12-38(31)44-40(33)25-29/h1-4,6,8-25H,5,7H2. The van der Waals surface area contributed by atoms with Crippen molar-refractivity contribution in [2.75, 3.05) is 0 Å². The largest absolute Gasteiger partial charge is 0.456 e. The van der Waals surface area contributed by atoms with Gasteiger partial charge in [0.25, 0.3) is 0 Å². The van der Waals surface area contributed by atoms with Crippen molar-refractivity contribution in [2.45, 2.75) is 12.8 Å². The summed E-state index contributed by atoms with van der Waals surface area (Å²) < 4.78 is 15.1. The molecule has 10 rings (SSSR count). The minimum Gasteiger partial charge on any atom is -0.456 e. The van der Waals surface area contributed by atoms with Gasteiger partial charge in [-0.15, -0.1) is 0 Å². The summed E-state index contributed by atoms with van der Waals surface area (Å²) in [6.45, 7) is 0. The normalized spacial score (nSPS) is 13.1. The quantitative estimate of drug-likeness (QED) is 0.209. The van der Waals surface area contributed by atoms with Gasteiger partial charge in [-0.05, 0) is 95.8 Å². The highest BCUT2D eigenvalue weighted by molar-refractivity contribution is 6.20. The Bertz CT molecular complexity index is 2740. The fraction of sp³-hybridized carbons (Fsp3) is 0.0476. The first kappa shape index (κ1) is 24.6. The summed E-state index contributed by atoms with van der Waals surface area (Å²) in [5.74, 6) is 0. The number of rotatable bonds is 3. The Morgan fingerprint density at radius 1 is 0.467 bits per heavy atom. The van der Waals surface area contributed by atoms with Gasteiger partial charge in [0.05, 0.1) is 16.4 Å². The van der Waals surface area contributed by atoms with Gasteiger partial charge < -0.3 is 13.4 Å². The van der Waals surface area contributed by atoms with Gasteiger partial charge in [-0.25, -0.2) is 0 Å². The first-order valence-corrected chi connectivity index (χ1v) is 15.6. The SMILES string of the molecule is C1=c2oc3c(ccc4c3c3cc(-c5ccc(-c6ccc7c(c6)oc6ccccc67)cc5)ccc3n4-c3ccccc3)c2=CCC1. The van der Waals surface area contributed by atoms with Gasteiger partial charge in [-0.3, -0.25) is 0 Å². The molecule has 0 unspecified atom stereocenters. The number of benzene rings is 6. The van der Waals surface area contributed by atoms with E-state index < -0.39 is 0 Å². The lowest BCUT2D eigenvalue weighted by molar-refractivity contribution is 0.575. The van der Waals surface area contributed by atoms with Crippen LogP contribution in [-0.4, -0.2) is 4.57 Å². The van der Waals surface area contributed by atoms with E-state index in [2.05, 4.69) is 132 Å². The van der Waals surface area contributed by atoms with Crippen LogP contribution in [0.15, 0.2) is 136 Å². The highest BCUT2D eigenvalue weighted by Gasteiger charge is 2.19. The molecule has 0 N–H and O–H groups in total. The fourth-order valence-corrected chi connectivity index (χ4v) is 7.30. The molecule has 3 heterocycles. The average molecular weight is 578 g/mol. The average Bonchev–Trinajstić information content (AvgIpc) is 3.77. The summed E-state index contributed by atoms with van der Waals surface area (Å²) in [4.78, 5) is 0. The maximum Gasteiger partial charge on any atom is 0.145 e. The molecule has 6 aromatic carbocycles. The summed E-state index contributed by atoms with van der Waals surface area (Å²) in [5.41, 5.74) is 12.0. The molecule has 1 aliphatic rings. The highest BCUT2D eigenvalue weighted by Crippen LogP contribution is 2.39. The number of hydrogen-bond acceptors (Lipinski definition) is 2. The van der Waals surface area contributed by atoms with Crippen LogP contribution in [0.4, 0.5) is 0 Å². The topological polar surface area (TPSA) is 31.2 Å². The number of para-hydroxylation sites is 2. The third-order valence-electron chi connectivity index (χ3n) is 9.44. The summed E-state index contributed by atoms with van der Waals surface area (Å²) in [6.07, 6.45) is 6.63. The van der Waals surface area contributed by atoms with Crippen molar-refractivity contribution in [1.29, 1.82) is 0 Å². The van der Waals surface area contributed by atoms with Gasteiger partial charge in [-0.1, -0.05) is 78.9 Å². The van der Waals surface area contributed by atoms with Crippen molar-refractivity contribution in [1.82, 2.24) is 4.57 Å². The van der Waals surface area contributed by atoms with Crippen LogP contribution >= 0.6 is 0 Å². The maximum atomic E-state index is 6.61. The van der Waals surface area contributed by atoms with Crippen molar-refractivity contribution in [2.24, 2.45) is 0 Å². The lowest BCUT2D eigenvalue weighted by atomic mass is 9.98. The van der Waals surface area contributed by atoms with E-state index in [9.17, 15) is 0 Å². The zero-order valence-electron chi connectivity index (χ0n) is 24.5. The van der Waals surface area contributed by atoms with Crippen molar-refractivity contribution in [3.05, 3.63) is 138 Å². The molecule has 0 aliphatic heterocycles. The van der Waals surface area contributed by atoms with Gasteiger partial charge >= 0.3 is 0 Å². The zero-order chi connectivity index (χ0) is 29.5. The van der Waals surface area contributed by atoms with Crippen LogP contribution < -0.4 is 10.6 Å². The molecule has 0 atom stereocenters. The van der Waals surface area contributed by atoms with Gasteiger partial charge in [0.2, 0.25) is 0 Å². The third kappa shape index (κ3) is 3.64. The van der Waals surface area contributed by atoms with Gasteiger partial charge in [0.1, 0.15) is 22.2 Å². The number of fused-ring (bicyclic) bond motifs is 10. The van der Waals surface area contributed by atoms with E-state index in [0.717, 1.165) is 62.5 Å². The smallest absolute Gasteiger partial charge is 0.145 e. The predicted octanol–water partition coefficient (Wildman–Crippen LogP) is 10.1. The number of furan rings is 2. The predicted molar refractivity (Wildman–Crippen MR) is 186 cm³/mol. The number of aromatic nitrogens is 1. The first-order chi connectivity index (χ1) is 22.3. The zero-order valence-corrected chi connectivity index (χ0v) is 24.5. The van der Waals surface area contributed by atoms with Crippen LogP contribution in [0.1, 0.15) is 12.8 Å². The minimum absolute atomic E-state index is 0.916. The third-order valence-corrected chi connectivity index (χ3v) is 9.44. The minimum atomic E-state index is 0.916. The molecule has 0 amide bonds. The molecule has 0 saturated carbocycles. The Morgan fingerprint density at radius 2 is 1.13 bits per heavy atom. The molecule has 0 saturated heterocycles. The van der Waals surface area contributed by atoms with Crippen LogP contribution in [0, 0.1) is 0 Å². The fourth-order valence-electron chi connectivity index (χ4n) is 7.30. The molecule has 9 aromatic rings. The number of nitrogens with zero attached hydrogens (tertiary/aromatic N) is 1. The summed E-state index contributed by atoms with van der Waals surface area (Å²) in [7, 11) is 0. The van der Waals surface area contributed by atoms with Gasteiger partial charge in [-0.2, -0.15) is 0 Å². The van der Waals surface area contributed by atoms with E-state index in [0.29, 0.717) is 0 Å². The first-order valence-electron chi connectivity index (χ1n) is 15.6. The molecule has 212 valence electrons. The van der Waals surface area contributed by atoms with E-state index in [1.165, 1.54) is 43.6 Å².